The molecule has 1 aromatic rings. The molecular weight excluding hydrogens is 196 g/mol. The highest BCUT2D eigenvalue weighted by Gasteiger charge is 2.08. The van der Waals surface area contributed by atoms with Crippen LogP contribution in [0.25, 0.3) is 0 Å². The quantitative estimate of drug-likeness (QED) is 0.750. The van der Waals surface area contributed by atoms with Gasteiger partial charge >= 0.3 is 5.97 Å². The molecule has 0 unspecified atom stereocenters. The molecule has 1 N–H and O–H groups in total. The fourth-order valence-corrected chi connectivity index (χ4v) is 1.34. The van der Waals surface area contributed by atoms with E-state index in [1.54, 1.807) is 38.5 Å². The number of aliphatic carboxylic acids is 1. The molecule has 0 heterocycles. The van der Waals surface area contributed by atoms with Crippen LogP contribution in [-0.2, 0) is 20.7 Å². The third-order valence-electron chi connectivity index (χ3n) is 2.04. The monoisotopic (exact) mass is 210 g/mol. The lowest BCUT2D eigenvalue weighted by atomic mass is 10.1. The van der Waals surface area contributed by atoms with Gasteiger partial charge in [-0.05, 0) is 5.56 Å². The van der Waals surface area contributed by atoms with Crippen molar-refractivity contribution in [2.75, 3.05) is 14.2 Å². The van der Waals surface area contributed by atoms with Crippen molar-refractivity contribution < 1.29 is 19.4 Å². The van der Waals surface area contributed by atoms with Crippen molar-refractivity contribution in [2.24, 2.45) is 0 Å². The first kappa shape index (κ1) is 11.7. The molecule has 0 bridgehead atoms. The summed E-state index contributed by atoms with van der Waals surface area (Å²) in [6, 6.07) is 7.12. The summed E-state index contributed by atoms with van der Waals surface area (Å²) in [5.74, 6) is -0.835. The minimum atomic E-state index is -0.835. The second-order valence-corrected chi connectivity index (χ2v) is 3.12. The molecule has 4 heteroatoms. The van der Waals surface area contributed by atoms with Crippen molar-refractivity contribution in [2.45, 2.75) is 12.7 Å². The first-order valence-electron chi connectivity index (χ1n) is 4.53. The van der Waals surface area contributed by atoms with Gasteiger partial charge in [0.1, 0.15) is 0 Å². The van der Waals surface area contributed by atoms with Gasteiger partial charge in [0.2, 0.25) is 0 Å². The number of carboxylic acid groups (broad SMARTS) is 1. The third-order valence-corrected chi connectivity index (χ3v) is 2.04. The summed E-state index contributed by atoms with van der Waals surface area (Å²) >= 11 is 0. The molecule has 0 spiro atoms. The first-order valence-corrected chi connectivity index (χ1v) is 4.53. The van der Waals surface area contributed by atoms with Crippen LogP contribution in [0.15, 0.2) is 24.3 Å². The SMILES string of the molecule is COC(OC)c1ccc(CC(=O)O)cc1. The summed E-state index contributed by atoms with van der Waals surface area (Å²) in [5, 5.41) is 8.59. The van der Waals surface area contributed by atoms with Crippen molar-refractivity contribution in [3.8, 4) is 0 Å². The first-order chi connectivity index (χ1) is 7.17. The fraction of sp³-hybridized carbons (Fsp3) is 0.364. The van der Waals surface area contributed by atoms with E-state index in [-0.39, 0.29) is 6.42 Å². The molecule has 82 valence electrons. The maximum Gasteiger partial charge on any atom is 0.307 e. The lowest BCUT2D eigenvalue weighted by Gasteiger charge is -2.13. The maximum atomic E-state index is 10.5. The molecule has 0 aromatic heterocycles. The van der Waals surface area contributed by atoms with E-state index < -0.39 is 12.3 Å². The van der Waals surface area contributed by atoms with Gasteiger partial charge in [0.25, 0.3) is 0 Å². The molecule has 0 amide bonds. The zero-order valence-electron chi connectivity index (χ0n) is 8.77. The van der Waals surface area contributed by atoms with Gasteiger partial charge in [-0.25, -0.2) is 0 Å². The number of rotatable bonds is 5. The van der Waals surface area contributed by atoms with Crippen LogP contribution in [0.4, 0.5) is 0 Å². The summed E-state index contributed by atoms with van der Waals surface area (Å²) in [7, 11) is 3.11. The van der Waals surface area contributed by atoms with E-state index in [4.69, 9.17) is 14.6 Å². The molecule has 0 aliphatic carbocycles. The Morgan fingerprint density at radius 1 is 1.27 bits per heavy atom. The molecule has 0 radical (unpaired) electrons. The van der Waals surface area contributed by atoms with Gasteiger partial charge in [-0.15, -0.1) is 0 Å². The van der Waals surface area contributed by atoms with E-state index >= 15 is 0 Å². The Kier molecular flexibility index (Phi) is 4.27. The standard InChI is InChI=1S/C11H14O4/c1-14-11(15-2)9-5-3-8(4-6-9)7-10(12)13/h3-6,11H,7H2,1-2H3,(H,12,13). The molecule has 0 atom stereocenters. The average molecular weight is 210 g/mol. The Hall–Kier alpha value is -1.39. The Morgan fingerprint density at radius 2 is 1.80 bits per heavy atom. The number of carbonyl (C=O) groups is 1. The zero-order valence-corrected chi connectivity index (χ0v) is 8.77. The minimum absolute atomic E-state index is 0.0326. The van der Waals surface area contributed by atoms with Crippen molar-refractivity contribution in [1.29, 1.82) is 0 Å². The lowest BCUT2D eigenvalue weighted by molar-refractivity contribution is -0.136. The molecule has 1 aromatic carbocycles. The van der Waals surface area contributed by atoms with Gasteiger partial charge in [-0.2, -0.15) is 0 Å². The maximum absolute atomic E-state index is 10.5. The summed E-state index contributed by atoms with van der Waals surface area (Å²) in [4.78, 5) is 10.5. The van der Waals surface area contributed by atoms with Crippen LogP contribution < -0.4 is 0 Å². The number of carboxylic acids is 1. The molecule has 1 rings (SSSR count). The molecule has 15 heavy (non-hydrogen) atoms. The Labute approximate surface area is 88.4 Å². The minimum Gasteiger partial charge on any atom is -0.481 e. The molecule has 0 aliphatic rings. The predicted octanol–water partition coefficient (Wildman–Crippen LogP) is 1.61. The fourth-order valence-electron chi connectivity index (χ4n) is 1.34. The second-order valence-electron chi connectivity index (χ2n) is 3.12. The Morgan fingerprint density at radius 3 is 2.20 bits per heavy atom. The number of hydrogen-bond acceptors (Lipinski definition) is 3. The predicted molar refractivity (Wildman–Crippen MR) is 54.5 cm³/mol. The normalized spacial score (nSPS) is 10.6. The van der Waals surface area contributed by atoms with E-state index in [0.29, 0.717) is 0 Å². The summed E-state index contributed by atoms with van der Waals surface area (Å²) in [6.07, 6.45) is -0.367. The van der Waals surface area contributed by atoms with Gasteiger partial charge in [-0.1, -0.05) is 24.3 Å². The number of ether oxygens (including phenoxy) is 2. The molecular formula is C11H14O4. The largest absolute Gasteiger partial charge is 0.481 e. The number of benzene rings is 1. The van der Waals surface area contributed by atoms with Gasteiger partial charge < -0.3 is 14.6 Å². The van der Waals surface area contributed by atoms with Gasteiger partial charge in [0.15, 0.2) is 6.29 Å². The number of hydrogen-bond donors (Lipinski definition) is 1. The molecule has 0 fully saturated rings. The Balaban J connectivity index is 2.75. The summed E-state index contributed by atoms with van der Waals surface area (Å²) < 4.78 is 10.1. The van der Waals surface area contributed by atoms with Crippen LogP contribution in [0.5, 0.6) is 0 Å². The van der Waals surface area contributed by atoms with Crippen LogP contribution in [0, 0.1) is 0 Å². The average Bonchev–Trinajstić information content (AvgIpc) is 2.21. The van der Waals surface area contributed by atoms with Crippen LogP contribution >= 0.6 is 0 Å². The van der Waals surface area contributed by atoms with Crippen LogP contribution in [0.2, 0.25) is 0 Å². The van der Waals surface area contributed by atoms with Crippen LogP contribution in [-0.4, -0.2) is 25.3 Å². The third kappa shape index (κ3) is 3.34. The smallest absolute Gasteiger partial charge is 0.307 e. The van der Waals surface area contributed by atoms with E-state index in [2.05, 4.69) is 0 Å². The van der Waals surface area contributed by atoms with Crippen molar-refractivity contribution in [3.05, 3.63) is 35.4 Å². The Bertz CT molecular complexity index is 314. The highest BCUT2D eigenvalue weighted by Crippen LogP contribution is 2.17. The highest BCUT2D eigenvalue weighted by molar-refractivity contribution is 5.70. The number of methoxy groups -OCH3 is 2. The molecule has 0 saturated heterocycles. The van der Waals surface area contributed by atoms with E-state index in [1.807, 2.05) is 0 Å². The molecule has 4 nitrogen and oxygen atoms in total. The lowest BCUT2D eigenvalue weighted by Crippen LogP contribution is -2.04. The van der Waals surface area contributed by atoms with Crippen molar-refractivity contribution in [3.63, 3.8) is 0 Å². The van der Waals surface area contributed by atoms with E-state index in [1.165, 1.54) is 0 Å². The van der Waals surface area contributed by atoms with Crippen LogP contribution in [0.1, 0.15) is 17.4 Å². The van der Waals surface area contributed by atoms with Crippen molar-refractivity contribution in [1.82, 2.24) is 0 Å². The van der Waals surface area contributed by atoms with Crippen LogP contribution in [0.3, 0.4) is 0 Å². The summed E-state index contributed by atoms with van der Waals surface area (Å²) in [5.41, 5.74) is 1.63. The summed E-state index contributed by atoms with van der Waals surface area (Å²) in [6.45, 7) is 0. The molecule has 0 aliphatic heterocycles. The highest BCUT2D eigenvalue weighted by atomic mass is 16.7. The zero-order chi connectivity index (χ0) is 11.3. The van der Waals surface area contributed by atoms with Gasteiger partial charge in [0.05, 0.1) is 6.42 Å². The van der Waals surface area contributed by atoms with Gasteiger partial charge in [-0.3, -0.25) is 4.79 Å². The van der Waals surface area contributed by atoms with Crippen molar-refractivity contribution >= 4 is 5.97 Å². The second kappa shape index (κ2) is 5.48. The molecule has 0 saturated carbocycles. The van der Waals surface area contributed by atoms with Gasteiger partial charge in [0, 0.05) is 19.8 Å². The van der Waals surface area contributed by atoms with E-state index in [0.717, 1.165) is 11.1 Å². The topological polar surface area (TPSA) is 55.8 Å². The van der Waals surface area contributed by atoms with E-state index in [9.17, 15) is 4.79 Å².